The van der Waals surface area contributed by atoms with Gasteiger partial charge in [0.15, 0.2) is 5.76 Å². The van der Waals surface area contributed by atoms with Gasteiger partial charge in [-0.2, -0.15) is 0 Å². The van der Waals surface area contributed by atoms with Gasteiger partial charge in [-0.15, -0.1) is 0 Å². The van der Waals surface area contributed by atoms with Crippen molar-refractivity contribution in [2.45, 2.75) is 0 Å². The molecule has 0 radical (unpaired) electrons. The number of rotatable bonds is 1. The first-order valence-corrected chi connectivity index (χ1v) is 4.11. The minimum atomic E-state index is 0.538. The van der Waals surface area contributed by atoms with Crippen LogP contribution in [0.15, 0.2) is 35.0 Å². The van der Waals surface area contributed by atoms with Crippen molar-refractivity contribution in [1.82, 2.24) is 5.16 Å². The Balaban J connectivity index is 2.49. The number of nitrogens with two attached hydrogens (primary N) is 1. The fourth-order valence-corrected chi connectivity index (χ4v) is 1.18. The van der Waals surface area contributed by atoms with Crippen molar-refractivity contribution >= 4 is 17.3 Å². The lowest BCUT2D eigenvalue weighted by Gasteiger charge is -1.99. The van der Waals surface area contributed by atoms with Crippen LogP contribution >= 0.6 is 11.6 Å². The minimum Gasteiger partial charge on any atom is -0.398 e. The molecule has 13 heavy (non-hydrogen) atoms. The third-order valence-corrected chi connectivity index (χ3v) is 2.06. The van der Waals surface area contributed by atoms with Crippen molar-refractivity contribution in [3.05, 3.63) is 35.5 Å². The van der Waals surface area contributed by atoms with E-state index in [0.29, 0.717) is 16.5 Å². The Morgan fingerprint density at radius 1 is 1.31 bits per heavy atom. The Morgan fingerprint density at radius 2 is 2.15 bits per heavy atom. The molecule has 0 spiro atoms. The van der Waals surface area contributed by atoms with Gasteiger partial charge >= 0.3 is 0 Å². The second-order valence-electron chi connectivity index (χ2n) is 2.61. The number of anilines is 1. The van der Waals surface area contributed by atoms with Gasteiger partial charge in [0.1, 0.15) is 0 Å². The molecule has 1 aromatic heterocycles. The van der Waals surface area contributed by atoms with Crippen molar-refractivity contribution < 1.29 is 4.52 Å². The summed E-state index contributed by atoms with van der Waals surface area (Å²) in [6.07, 6.45) is 1.58. The second-order valence-corrected chi connectivity index (χ2v) is 3.02. The van der Waals surface area contributed by atoms with Gasteiger partial charge in [0.05, 0.1) is 16.9 Å². The van der Waals surface area contributed by atoms with E-state index in [2.05, 4.69) is 5.16 Å². The molecule has 0 aliphatic rings. The average molecular weight is 195 g/mol. The van der Waals surface area contributed by atoms with Crippen LogP contribution in [-0.2, 0) is 0 Å². The topological polar surface area (TPSA) is 52.0 Å². The lowest BCUT2D eigenvalue weighted by Crippen LogP contribution is -1.86. The largest absolute Gasteiger partial charge is 0.398 e. The van der Waals surface area contributed by atoms with Crippen LogP contribution in [0.4, 0.5) is 5.69 Å². The van der Waals surface area contributed by atoms with Gasteiger partial charge in [-0.3, -0.25) is 0 Å². The number of nitrogens with zero attached hydrogens (tertiary/aromatic N) is 1. The lowest BCUT2D eigenvalue weighted by atomic mass is 10.1. The number of hydrogen-bond donors (Lipinski definition) is 1. The van der Waals surface area contributed by atoms with Gasteiger partial charge in [-0.25, -0.2) is 0 Å². The maximum atomic E-state index is 5.77. The fourth-order valence-electron chi connectivity index (χ4n) is 1.06. The fraction of sp³-hybridized carbons (Fsp3) is 0. The van der Waals surface area contributed by atoms with Crippen molar-refractivity contribution in [3.8, 4) is 11.3 Å². The Labute approximate surface area is 80.1 Å². The normalized spacial score (nSPS) is 10.2. The SMILES string of the molecule is Nc1cc(-c2ccno2)ccc1Cl. The summed E-state index contributed by atoms with van der Waals surface area (Å²) in [6.45, 7) is 0. The monoisotopic (exact) mass is 194 g/mol. The minimum absolute atomic E-state index is 0.538. The highest BCUT2D eigenvalue weighted by molar-refractivity contribution is 6.33. The maximum Gasteiger partial charge on any atom is 0.166 e. The zero-order valence-corrected chi connectivity index (χ0v) is 7.45. The standard InChI is InChI=1S/C9H7ClN2O/c10-7-2-1-6(5-8(7)11)9-3-4-12-13-9/h1-5H,11H2. The molecule has 0 saturated carbocycles. The molecule has 66 valence electrons. The van der Waals surface area contributed by atoms with Crippen molar-refractivity contribution in [1.29, 1.82) is 0 Å². The smallest absolute Gasteiger partial charge is 0.166 e. The van der Waals surface area contributed by atoms with E-state index in [1.54, 1.807) is 24.4 Å². The number of nitrogen functional groups attached to an aromatic ring is 1. The number of aromatic nitrogens is 1. The van der Waals surface area contributed by atoms with Crippen LogP contribution in [0.3, 0.4) is 0 Å². The van der Waals surface area contributed by atoms with Crippen LogP contribution in [0.2, 0.25) is 5.02 Å². The summed E-state index contributed by atoms with van der Waals surface area (Å²) in [5.74, 6) is 0.684. The van der Waals surface area contributed by atoms with Crippen LogP contribution in [0.25, 0.3) is 11.3 Å². The predicted octanol–water partition coefficient (Wildman–Crippen LogP) is 2.58. The highest BCUT2D eigenvalue weighted by atomic mass is 35.5. The third kappa shape index (κ3) is 1.51. The molecule has 2 aromatic rings. The molecule has 2 rings (SSSR count). The summed E-state index contributed by atoms with van der Waals surface area (Å²) >= 11 is 5.77. The van der Waals surface area contributed by atoms with Gasteiger partial charge < -0.3 is 10.3 Å². The van der Waals surface area contributed by atoms with E-state index in [-0.39, 0.29) is 0 Å². The summed E-state index contributed by atoms with van der Waals surface area (Å²) in [5, 5.41) is 4.15. The van der Waals surface area contributed by atoms with Crippen LogP contribution in [-0.4, -0.2) is 5.16 Å². The van der Waals surface area contributed by atoms with E-state index < -0.39 is 0 Å². The molecule has 0 saturated heterocycles. The molecular formula is C9H7ClN2O. The molecule has 1 aromatic carbocycles. The highest BCUT2D eigenvalue weighted by Gasteiger charge is 2.03. The Kier molecular flexibility index (Phi) is 1.94. The lowest BCUT2D eigenvalue weighted by molar-refractivity contribution is 0.432. The number of halogens is 1. The van der Waals surface area contributed by atoms with E-state index in [4.69, 9.17) is 21.9 Å². The van der Waals surface area contributed by atoms with E-state index in [9.17, 15) is 0 Å². The zero-order chi connectivity index (χ0) is 9.26. The average Bonchev–Trinajstić information content (AvgIpc) is 2.62. The van der Waals surface area contributed by atoms with E-state index >= 15 is 0 Å². The van der Waals surface area contributed by atoms with Crippen LogP contribution < -0.4 is 5.73 Å². The molecular weight excluding hydrogens is 188 g/mol. The molecule has 0 atom stereocenters. The molecule has 3 nitrogen and oxygen atoms in total. The van der Waals surface area contributed by atoms with Crippen molar-refractivity contribution in [3.63, 3.8) is 0 Å². The first-order chi connectivity index (χ1) is 6.27. The van der Waals surface area contributed by atoms with Crippen LogP contribution in [0.1, 0.15) is 0 Å². The Morgan fingerprint density at radius 3 is 2.77 bits per heavy atom. The number of hydrogen-bond acceptors (Lipinski definition) is 3. The summed E-state index contributed by atoms with van der Waals surface area (Å²) in [4.78, 5) is 0. The van der Waals surface area contributed by atoms with Gasteiger partial charge in [-0.1, -0.05) is 16.8 Å². The van der Waals surface area contributed by atoms with E-state index in [1.165, 1.54) is 0 Å². The predicted molar refractivity (Wildman–Crippen MR) is 51.4 cm³/mol. The molecule has 4 heteroatoms. The van der Waals surface area contributed by atoms with Gasteiger partial charge in [0.2, 0.25) is 0 Å². The summed E-state index contributed by atoms with van der Waals surface area (Å²) in [5.41, 5.74) is 7.04. The molecule has 0 aliphatic heterocycles. The first-order valence-electron chi connectivity index (χ1n) is 3.73. The second kappa shape index (κ2) is 3.11. The van der Waals surface area contributed by atoms with Gasteiger partial charge in [0, 0.05) is 11.6 Å². The molecule has 0 bridgehead atoms. The third-order valence-electron chi connectivity index (χ3n) is 1.72. The maximum absolute atomic E-state index is 5.77. The van der Waals surface area contributed by atoms with E-state index in [0.717, 1.165) is 5.56 Å². The molecule has 0 aliphatic carbocycles. The molecule has 0 fully saturated rings. The first kappa shape index (κ1) is 8.13. The molecule has 0 unspecified atom stereocenters. The summed E-state index contributed by atoms with van der Waals surface area (Å²) < 4.78 is 4.97. The van der Waals surface area contributed by atoms with E-state index in [1.807, 2.05) is 6.07 Å². The Bertz CT molecular complexity index is 412. The zero-order valence-electron chi connectivity index (χ0n) is 6.70. The number of benzene rings is 1. The molecule has 0 amide bonds. The van der Waals surface area contributed by atoms with Gasteiger partial charge in [0.25, 0.3) is 0 Å². The summed E-state index contributed by atoms with van der Waals surface area (Å²) in [7, 11) is 0. The van der Waals surface area contributed by atoms with Gasteiger partial charge in [-0.05, 0) is 18.2 Å². The molecule has 1 heterocycles. The van der Waals surface area contributed by atoms with Crippen LogP contribution in [0.5, 0.6) is 0 Å². The Hall–Kier alpha value is -1.48. The van der Waals surface area contributed by atoms with Crippen molar-refractivity contribution in [2.75, 3.05) is 5.73 Å². The quantitative estimate of drug-likeness (QED) is 0.710. The van der Waals surface area contributed by atoms with Crippen molar-refractivity contribution in [2.24, 2.45) is 0 Å². The highest BCUT2D eigenvalue weighted by Crippen LogP contribution is 2.26. The molecule has 2 N–H and O–H groups in total. The summed E-state index contributed by atoms with van der Waals surface area (Å²) in [6, 6.07) is 7.08. The van der Waals surface area contributed by atoms with Crippen LogP contribution in [0, 0.1) is 0 Å².